The smallest absolute Gasteiger partial charge is 0.126 e. The lowest BCUT2D eigenvalue weighted by Crippen LogP contribution is -2.30. The van der Waals surface area contributed by atoms with E-state index in [1.54, 1.807) is 6.26 Å². The van der Waals surface area contributed by atoms with E-state index in [4.69, 9.17) is 4.42 Å². The van der Waals surface area contributed by atoms with Gasteiger partial charge in [-0.1, -0.05) is 19.4 Å². The van der Waals surface area contributed by atoms with Gasteiger partial charge in [-0.05, 0) is 37.0 Å². The summed E-state index contributed by atoms with van der Waals surface area (Å²) in [5, 5.41) is 3.57. The Kier molecular flexibility index (Phi) is 3.62. The Morgan fingerprint density at radius 3 is 3.13 bits per heavy atom. The fourth-order valence-electron chi connectivity index (χ4n) is 2.23. The Bertz CT molecular complexity index is 302. The standard InChI is InChI=1S/C13H19NO/c1-11-5-2-8-13(11)14-9-3-6-12-7-4-10-15-12/h3-4,6-7,10-11,13-14H,2,5,8-9H2,1H3/b6-3+. The van der Waals surface area contributed by atoms with Crippen molar-refractivity contribution in [2.75, 3.05) is 6.54 Å². The summed E-state index contributed by atoms with van der Waals surface area (Å²) in [6.45, 7) is 3.27. The van der Waals surface area contributed by atoms with Crippen LogP contribution in [0.2, 0.25) is 0 Å². The highest BCUT2D eigenvalue weighted by Gasteiger charge is 2.21. The van der Waals surface area contributed by atoms with Crippen molar-refractivity contribution >= 4 is 6.08 Å². The van der Waals surface area contributed by atoms with Crippen molar-refractivity contribution in [1.29, 1.82) is 0 Å². The highest BCUT2D eigenvalue weighted by atomic mass is 16.3. The predicted octanol–water partition coefficient (Wildman–Crippen LogP) is 3.07. The summed E-state index contributed by atoms with van der Waals surface area (Å²) in [6.07, 6.45) is 9.93. The molecule has 2 unspecified atom stereocenters. The summed E-state index contributed by atoms with van der Waals surface area (Å²) < 4.78 is 5.21. The van der Waals surface area contributed by atoms with Gasteiger partial charge in [0.2, 0.25) is 0 Å². The second-order valence-corrected chi connectivity index (χ2v) is 4.34. The minimum absolute atomic E-state index is 0.714. The topological polar surface area (TPSA) is 25.2 Å². The van der Waals surface area contributed by atoms with E-state index >= 15 is 0 Å². The van der Waals surface area contributed by atoms with Gasteiger partial charge in [0.15, 0.2) is 0 Å². The molecule has 15 heavy (non-hydrogen) atoms. The van der Waals surface area contributed by atoms with Crippen molar-refractivity contribution in [1.82, 2.24) is 5.32 Å². The van der Waals surface area contributed by atoms with E-state index in [9.17, 15) is 0 Å². The number of hydrogen-bond acceptors (Lipinski definition) is 2. The second-order valence-electron chi connectivity index (χ2n) is 4.34. The average Bonchev–Trinajstić information content (AvgIpc) is 2.85. The molecule has 0 spiro atoms. The minimum atomic E-state index is 0.714. The van der Waals surface area contributed by atoms with Gasteiger partial charge in [-0.15, -0.1) is 0 Å². The third kappa shape index (κ3) is 2.96. The van der Waals surface area contributed by atoms with Crippen molar-refractivity contribution in [2.24, 2.45) is 5.92 Å². The lowest BCUT2D eigenvalue weighted by atomic mass is 10.1. The van der Waals surface area contributed by atoms with E-state index in [-0.39, 0.29) is 0 Å². The third-order valence-corrected chi connectivity index (χ3v) is 3.18. The molecule has 2 heteroatoms. The molecular formula is C13H19NO. The number of rotatable bonds is 4. The van der Waals surface area contributed by atoms with Crippen LogP contribution in [0.4, 0.5) is 0 Å². The summed E-state index contributed by atoms with van der Waals surface area (Å²) in [4.78, 5) is 0. The lowest BCUT2D eigenvalue weighted by molar-refractivity contribution is 0.445. The zero-order valence-corrected chi connectivity index (χ0v) is 9.28. The van der Waals surface area contributed by atoms with E-state index in [0.29, 0.717) is 6.04 Å². The molecule has 0 bridgehead atoms. The van der Waals surface area contributed by atoms with Crippen LogP contribution in [-0.4, -0.2) is 12.6 Å². The van der Waals surface area contributed by atoms with Crippen LogP contribution in [0.15, 0.2) is 28.9 Å². The maximum atomic E-state index is 5.21. The molecular weight excluding hydrogens is 186 g/mol. The molecule has 0 saturated heterocycles. The molecule has 1 aliphatic carbocycles. The number of hydrogen-bond donors (Lipinski definition) is 1. The Labute approximate surface area is 91.4 Å². The van der Waals surface area contributed by atoms with Gasteiger partial charge in [0, 0.05) is 12.6 Å². The number of nitrogens with one attached hydrogen (secondary N) is 1. The zero-order valence-electron chi connectivity index (χ0n) is 9.28. The Morgan fingerprint density at radius 1 is 1.53 bits per heavy atom. The summed E-state index contributed by atoms with van der Waals surface area (Å²) in [6, 6.07) is 4.59. The van der Waals surface area contributed by atoms with E-state index in [2.05, 4.69) is 18.3 Å². The summed E-state index contributed by atoms with van der Waals surface area (Å²) in [5.74, 6) is 1.76. The molecule has 0 aliphatic heterocycles. The Morgan fingerprint density at radius 2 is 2.47 bits per heavy atom. The lowest BCUT2D eigenvalue weighted by Gasteiger charge is -2.15. The SMILES string of the molecule is CC1CCCC1NC/C=C/c1ccco1. The van der Waals surface area contributed by atoms with E-state index in [1.807, 2.05) is 18.2 Å². The normalized spacial score (nSPS) is 26.5. The van der Waals surface area contributed by atoms with Gasteiger partial charge in [-0.3, -0.25) is 0 Å². The third-order valence-electron chi connectivity index (χ3n) is 3.18. The van der Waals surface area contributed by atoms with Crippen LogP contribution in [0.25, 0.3) is 6.08 Å². The highest BCUT2D eigenvalue weighted by Crippen LogP contribution is 2.24. The van der Waals surface area contributed by atoms with Crippen molar-refractivity contribution in [3.8, 4) is 0 Å². The molecule has 2 nitrogen and oxygen atoms in total. The van der Waals surface area contributed by atoms with Gasteiger partial charge in [0.05, 0.1) is 6.26 Å². The van der Waals surface area contributed by atoms with Crippen molar-refractivity contribution < 1.29 is 4.42 Å². The molecule has 0 radical (unpaired) electrons. The zero-order chi connectivity index (χ0) is 10.5. The second kappa shape index (κ2) is 5.17. The molecule has 2 atom stereocenters. The van der Waals surface area contributed by atoms with Crippen LogP contribution in [0.1, 0.15) is 31.9 Å². The molecule has 0 aromatic carbocycles. The molecule has 1 saturated carbocycles. The fraction of sp³-hybridized carbons (Fsp3) is 0.538. The van der Waals surface area contributed by atoms with Crippen LogP contribution < -0.4 is 5.32 Å². The van der Waals surface area contributed by atoms with Crippen LogP contribution in [-0.2, 0) is 0 Å². The molecule has 2 rings (SSSR count). The van der Waals surface area contributed by atoms with Crippen LogP contribution in [0, 0.1) is 5.92 Å². The average molecular weight is 205 g/mol. The molecule has 1 heterocycles. The maximum Gasteiger partial charge on any atom is 0.126 e. The first-order valence-electron chi connectivity index (χ1n) is 5.79. The van der Waals surface area contributed by atoms with E-state index < -0.39 is 0 Å². The van der Waals surface area contributed by atoms with Gasteiger partial charge < -0.3 is 9.73 Å². The Balaban J connectivity index is 1.70. The molecule has 1 N–H and O–H groups in total. The number of furan rings is 1. The van der Waals surface area contributed by atoms with Gasteiger partial charge >= 0.3 is 0 Å². The quantitative estimate of drug-likeness (QED) is 0.817. The van der Waals surface area contributed by atoms with Crippen molar-refractivity contribution in [2.45, 2.75) is 32.2 Å². The van der Waals surface area contributed by atoms with Gasteiger partial charge in [-0.25, -0.2) is 0 Å². The van der Waals surface area contributed by atoms with Gasteiger partial charge in [0.1, 0.15) is 5.76 Å². The summed E-state index contributed by atoms with van der Waals surface area (Å²) >= 11 is 0. The maximum absolute atomic E-state index is 5.21. The molecule has 1 aromatic heterocycles. The molecule has 0 amide bonds. The summed E-state index contributed by atoms with van der Waals surface area (Å²) in [5.41, 5.74) is 0. The fourth-order valence-corrected chi connectivity index (χ4v) is 2.23. The molecule has 1 aliphatic rings. The summed E-state index contributed by atoms with van der Waals surface area (Å²) in [7, 11) is 0. The monoisotopic (exact) mass is 205 g/mol. The molecule has 82 valence electrons. The minimum Gasteiger partial charge on any atom is -0.465 e. The van der Waals surface area contributed by atoms with E-state index in [0.717, 1.165) is 18.2 Å². The van der Waals surface area contributed by atoms with Crippen LogP contribution in [0.3, 0.4) is 0 Å². The van der Waals surface area contributed by atoms with Crippen molar-refractivity contribution in [3.05, 3.63) is 30.2 Å². The van der Waals surface area contributed by atoms with Crippen LogP contribution in [0.5, 0.6) is 0 Å². The first-order valence-corrected chi connectivity index (χ1v) is 5.79. The predicted molar refractivity (Wildman–Crippen MR) is 62.5 cm³/mol. The first-order chi connectivity index (χ1) is 7.36. The van der Waals surface area contributed by atoms with Crippen LogP contribution >= 0.6 is 0 Å². The molecule has 1 fully saturated rings. The Hall–Kier alpha value is -1.02. The van der Waals surface area contributed by atoms with Gasteiger partial charge in [0.25, 0.3) is 0 Å². The largest absolute Gasteiger partial charge is 0.465 e. The highest BCUT2D eigenvalue weighted by molar-refractivity contribution is 5.42. The van der Waals surface area contributed by atoms with Gasteiger partial charge in [-0.2, -0.15) is 0 Å². The van der Waals surface area contributed by atoms with Crippen molar-refractivity contribution in [3.63, 3.8) is 0 Å². The van der Waals surface area contributed by atoms with E-state index in [1.165, 1.54) is 19.3 Å². The first kappa shape index (κ1) is 10.5. The molecule has 1 aromatic rings.